The molecule has 0 saturated carbocycles. The highest BCUT2D eigenvalue weighted by atomic mass is 16.5. The lowest BCUT2D eigenvalue weighted by atomic mass is 9.97. The van der Waals surface area contributed by atoms with E-state index in [0.717, 1.165) is 11.3 Å². The Morgan fingerprint density at radius 2 is 1.83 bits per heavy atom. The molecule has 0 heterocycles. The quantitative estimate of drug-likeness (QED) is 0.824. The van der Waals surface area contributed by atoms with Crippen LogP contribution in [0.3, 0.4) is 0 Å². The molecule has 0 aliphatic heterocycles. The van der Waals surface area contributed by atoms with Gasteiger partial charge in [-0.15, -0.1) is 5.92 Å². The number of hydrogen-bond acceptors (Lipinski definition) is 2. The van der Waals surface area contributed by atoms with Gasteiger partial charge >= 0.3 is 0 Å². The molecular weight excluding hydrogens is 222 g/mol. The van der Waals surface area contributed by atoms with Gasteiger partial charge in [-0.1, -0.05) is 18.1 Å². The predicted octanol–water partition coefficient (Wildman–Crippen LogP) is 3.52. The molecule has 0 radical (unpaired) electrons. The molecule has 2 heteroatoms. The summed E-state index contributed by atoms with van der Waals surface area (Å²) in [5, 5.41) is 0. The van der Waals surface area contributed by atoms with Crippen molar-refractivity contribution >= 4 is 0 Å². The first-order chi connectivity index (χ1) is 8.42. The van der Waals surface area contributed by atoms with Crippen LogP contribution in [0.4, 0.5) is 0 Å². The minimum atomic E-state index is -0.0319. The molecule has 2 N–H and O–H groups in total. The molecule has 1 aromatic rings. The third-order valence-corrected chi connectivity index (χ3v) is 2.40. The first-order valence-electron chi connectivity index (χ1n) is 6.41. The van der Waals surface area contributed by atoms with Crippen molar-refractivity contribution in [2.24, 2.45) is 11.1 Å². The molecule has 0 saturated heterocycles. The molecule has 0 spiro atoms. The van der Waals surface area contributed by atoms with Crippen molar-refractivity contribution in [1.82, 2.24) is 0 Å². The summed E-state index contributed by atoms with van der Waals surface area (Å²) in [5.74, 6) is 7.24. The minimum Gasteiger partial charge on any atom is -0.494 e. The van der Waals surface area contributed by atoms with Gasteiger partial charge < -0.3 is 10.5 Å². The Kier molecular flexibility index (Phi) is 5.25. The van der Waals surface area contributed by atoms with Crippen LogP contribution in [0.25, 0.3) is 0 Å². The van der Waals surface area contributed by atoms with E-state index >= 15 is 0 Å². The summed E-state index contributed by atoms with van der Waals surface area (Å²) < 4.78 is 5.40. The second kappa shape index (κ2) is 6.47. The Morgan fingerprint density at radius 3 is 2.33 bits per heavy atom. The summed E-state index contributed by atoms with van der Waals surface area (Å²) in [6, 6.07) is 7.89. The Labute approximate surface area is 111 Å². The summed E-state index contributed by atoms with van der Waals surface area (Å²) in [7, 11) is 0. The van der Waals surface area contributed by atoms with Crippen molar-refractivity contribution in [3.63, 3.8) is 0 Å². The zero-order valence-electron chi connectivity index (χ0n) is 11.8. The van der Waals surface area contributed by atoms with Gasteiger partial charge in [0.2, 0.25) is 0 Å². The second-order valence-electron chi connectivity index (χ2n) is 5.36. The Bertz CT molecular complexity index is 417. The lowest BCUT2D eigenvalue weighted by molar-refractivity contribution is 0.340. The highest BCUT2D eigenvalue weighted by molar-refractivity contribution is 5.29. The van der Waals surface area contributed by atoms with Crippen LogP contribution in [0.2, 0.25) is 0 Å². The largest absolute Gasteiger partial charge is 0.494 e. The maximum Gasteiger partial charge on any atom is 0.119 e. The van der Waals surface area contributed by atoms with Gasteiger partial charge in [0.25, 0.3) is 0 Å². The topological polar surface area (TPSA) is 35.2 Å². The fourth-order valence-electron chi connectivity index (χ4n) is 1.52. The van der Waals surface area contributed by atoms with E-state index in [4.69, 9.17) is 10.5 Å². The normalized spacial score (nSPS) is 12.5. The fourth-order valence-corrected chi connectivity index (χ4v) is 1.52. The smallest absolute Gasteiger partial charge is 0.119 e. The first-order valence-corrected chi connectivity index (χ1v) is 6.41. The Hall–Kier alpha value is -1.46. The van der Waals surface area contributed by atoms with Crippen molar-refractivity contribution in [3.8, 4) is 17.6 Å². The van der Waals surface area contributed by atoms with Gasteiger partial charge in [0, 0.05) is 17.9 Å². The number of benzene rings is 1. The van der Waals surface area contributed by atoms with E-state index in [0.29, 0.717) is 13.0 Å². The van der Waals surface area contributed by atoms with Crippen molar-refractivity contribution in [1.29, 1.82) is 0 Å². The third-order valence-electron chi connectivity index (χ3n) is 2.40. The SMILES string of the molecule is CCOc1ccc(C(N)CC#CC(C)(C)C)cc1. The van der Waals surface area contributed by atoms with E-state index in [1.165, 1.54) is 0 Å². The van der Waals surface area contributed by atoms with Crippen LogP contribution in [0.15, 0.2) is 24.3 Å². The zero-order chi connectivity index (χ0) is 13.6. The monoisotopic (exact) mass is 245 g/mol. The van der Waals surface area contributed by atoms with Gasteiger partial charge in [-0.3, -0.25) is 0 Å². The van der Waals surface area contributed by atoms with Crippen LogP contribution < -0.4 is 10.5 Å². The molecule has 0 fully saturated rings. The first kappa shape index (κ1) is 14.6. The lowest BCUT2D eigenvalue weighted by Gasteiger charge is -2.11. The van der Waals surface area contributed by atoms with E-state index in [1.54, 1.807) is 0 Å². The van der Waals surface area contributed by atoms with Crippen LogP contribution in [-0.2, 0) is 0 Å². The summed E-state index contributed by atoms with van der Waals surface area (Å²) in [4.78, 5) is 0. The molecule has 0 aliphatic carbocycles. The van der Waals surface area contributed by atoms with Crippen molar-refractivity contribution < 1.29 is 4.74 Å². The summed E-state index contributed by atoms with van der Waals surface area (Å²) in [6.07, 6.45) is 0.686. The molecule has 0 bridgehead atoms. The average molecular weight is 245 g/mol. The molecular formula is C16H23NO. The molecule has 0 aliphatic rings. The van der Waals surface area contributed by atoms with Crippen LogP contribution in [0.5, 0.6) is 5.75 Å². The molecule has 0 aromatic heterocycles. The van der Waals surface area contributed by atoms with Gasteiger partial charge in [-0.2, -0.15) is 0 Å². The summed E-state index contributed by atoms with van der Waals surface area (Å²) in [6.45, 7) is 8.96. The molecule has 2 nitrogen and oxygen atoms in total. The summed E-state index contributed by atoms with van der Waals surface area (Å²) >= 11 is 0. The highest BCUT2D eigenvalue weighted by Crippen LogP contribution is 2.18. The molecule has 1 rings (SSSR count). The van der Waals surface area contributed by atoms with Gasteiger partial charge in [0.15, 0.2) is 0 Å². The number of nitrogens with two attached hydrogens (primary N) is 1. The second-order valence-corrected chi connectivity index (χ2v) is 5.36. The Morgan fingerprint density at radius 1 is 1.22 bits per heavy atom. The van der Waals surface area contributed by atoms with E-state index in [1.807, 2.05) is 31.2 Å². The fraction of sp³-hybridized carbons (Fsp3) is 0.500. The molecule has 1 atom stereocenters. The third kappa shape index (κ3) is 5.25. The number of ether oxygens (including phenoxy) is 1. The molecule has 0 amide bonds. The predicted molar refractivity (Wildman–Crippen MR) is 76.4 cm³/mol. The van der Waals surface area contributed by atoms with Crippen molar-refractivity contribution in [2.75, 3.05) is 6.61 Å². The lowest BCUT2D eigenvalue weighted by Crippen LogP contribution is -2.09. The van der Waals surface area contributed by atoms with Crippen LogP contribution >= 0.6 is 0 Å². The van der Waals surface area contributed by atoms with E-state index < -0.39 is 0 Å². The Balaban J connectivity index is 2.61. The van der Waals surface area contributed by atoms with Gasteiger partial charge in [-0.25, -0.2) is 0 Å². The maximum absolute atomic E-state index is 6.11. The molecule has 1 aromatic carbocycles. The molecule has 1 unspecified atom stereocenters. The van der Waals surface area contributed by atoms with E-state index in [2.05, 4.69) is 32.6 Å². The van der Waals surface area contributed by atoms with E-state index in [9.17, 15) is 0 Å². The van der Waals surface area contributed by atoms with E-state index in [-0.39, 0.29) is 11.5 Å². The van der Waals surface area contributed by atoms with Gasteiger partial charge in [0.05, 0.1) is 6.61 Å². The minimum absolute atomic E-state index is 0.0319. The average Bonchev–Trinajstić information content (AvgIpc) is 2.28. The molecule has 98 valence electrons. The van der Waals surface area contributed by atoms with Crippen LogP contribution in [-0.4, -0.2) is 6.61 Å². The highest BCUT2D eigenvalue weighted by Gasteiger charge is 2.06. The zero-order valence-corrected chi connectivity index (χ0v) is 11.8. The molecule has 18 heavy (non-hydrogen) atoms. The summed E-state index contributed by atoms with van der Waals surface area (Å²) in [5.41, 5.74) is 7.24. The van der Waals surface area contributed by atoms with Crippen molar-refractivity contribution in [2.45, 2.75) is 40.2 Å². The van der Waals surface area contributed by atoms with Crippen molar-refractivity contribution in [3.05, 3.63) is 29.8 Å². The van der Waals surface area contributed by atoms with Crippen LogP contribution in [0, 0.1) is 17.3 Å². The number of hydrogen-bond donors (Lipinski definition) is 1. The standard InChI is InChI=1S/C16H23NO/c1-5-18-14-10-8-13(9-11-14)15(17)7-6-12-16(2,3)4/h8-11,15H,5,7,17H2,1-4H3. The van der Waals surface area contributed by atoms with Crippen LogP contribution in [0.1, 0.15) is 45.7 Å². The maximum atomic E-state index is 6.11. The number of rotatable bonds is 4. The van der Waals surface area contributed by atoms with Gasteiger partial charge in [-0.05, 0) is 45.4 Å². The van der Waals surface area contributed by atoms with Gasteiger partial charge in [0.1, 0.15) is 5.75 Å².